The lowest BCUT2D eigenvalue weighted by Gasteiger charge is -2.20. The Balaban J connectivity index is 1.44. The van der Waals surface area contributed by atoms with E-state index in [1.807, 2.05) is 78.9 Å². The molecular weight excluding hydrogens is 553 g/mol. The molecule has 0 heteroatoms. The molecule has 0 atom stereocenters. The van der Waals surface area contributed by atoms with Gasteiger partial charge < -0.3 is 0 Å². The number of fused-ring (bicyclic) bond motifs is 3. The third-order valence-electron chi connectivity index (χ3n) is 9.43. The predicted octanol–water partition coefficient (Wildman–Crippen LogP) is 13.0. The van der Waals surface area contributed by atoms with E-state index < -0.39 is 24.2 Å². The first-order valence-corrected chi connectivity index (χ1v) is 15.4. The quantitative estimate of drug-likeness (QED) is 0.142. The second-order valence-electron chi connectivity index (χ2n) is 11.8. The van der Waals surface area contributed by atoms with Gasteiger partial charge in [-0.2, -0.15) is 0 Å². The third-order valence-corrected chi connectivity index (χ3v) is 9.43. The molecule has 0 aliphatic heterocycles. The molecule has 0 aliphatic carbocycles. The smallest absolute Gasteiger partial charge is 0.0622 e. The molecule has 0 saturated carbocycles. The van der Waals surface area contributed by atoms with Crippen LogP contribution in [0.1, 0.15) is 11.0 Å². The molecule has 0 aromatic heterocycles. The lowest BCUT2D eigenvalue weighted by molar-refractivity contribution is 1.66. The standard InChI is InChI=1S/C46H28/c1-2-11-30(12-3-1)35-24-20-31-22-26-41-42(27-23-32-21-25-40(35)44(31)45(32)41)46-38-16-8-6-14-36(38)43(37-15-7-9-17-39(37)46)34-19-18-29-10-4-5-13-33(29)28-34/h1-28H/i6D,7D,8D,9D,14D,15D,16D,17D. The van der Waals surface area contributed by atoms with E-state index in [4.69, 9.17) is 5.48 Å². The summed E-state index contributed by atoms with van der Waals surface area (Å²) in [7, 11) is 0. The van der Waals surface area contributed by atoms with E-state index in [1.165, 1.54) is 0 Å². The molecule has 212 valence electrons. The summed E-state index contributed by atoms with van der Waals surface area (Å²) < 4.78 is 73.1. The van der Waals surface area contributed by atoms with Crippen LogP contribution in [-0.4, -0.2) is 0 Å². The molecule has 0 bridgehead atoms. The summed E-state index contributed by atoms with van der Waals surface area (Å²) in [6, 6.07) is 37.5. The lowest BCUT2D eigenvalue weighted by Crippen LogP contribution is -1.93. The van der Waals surface area contributed by atoms with Crippen LogP contribution in [0.4, 0.5) is 0 Å². The molecule has 10 aromatic carbocycles. The van der Waals surface area contributed by atoms with Crippen molar-refractivity contribution in [2.45, 2.75) is 0 Å². The molecule has 10 aromatic rings. The highest BCUT2D eigenvalue weighted by molar-refractivity contribution is 6.30. The zero-order valence-corrected chi connectivity index (χ0v) is 24.5. The summed E-state index contributed by atoms with van der Waals surface area (Å²) in [5.41, 5.74) is 4.08. The van der Waals surface area contributed by atoms with E-state index in [0.717, 1.165) is 54.2 Å². The Kier molecular flexibility index (Phi) is 3.98. The van der Waals surface area contributed by atoms with Gasteiger partial charge in [-0.05, 0) is 104 Å². The van der Waals surface area contributed by atoms with Gasteiger partial charge in [0.05, 0.1) is 11.0 Å². The Labute approximate surface area is 278 Å². The maximum Gasteiger partial charge on any atom is 0.0629 e. The first-order valence-electron chi connectivity index (χ1n) is 19.4. The van der Waals surface area contributed by atoms with Gasteiger partial charge in [-0.15, -0.1) is 0 Å². The highest BCUT2D eigenvalue weighted by atomic mass is 14.2. The zero-order chi connectivity index (χ0) is 37.2. The normalized spacial score (nSPS) is 14.3. The number of benzene rings is 10. The average molecular weight is 589 g/mol. The maximum absolute atomic E-state index is 9.46. The molecule has 0 unspecified atom stereocenters. The summed E-state index contributed by atoms with van der Waals surface area (Å²) in [5, 5.41) is 8.65. The fourth-order valence-electron chi connectivity index (χ4n) is 7.42. The van der Waals surface area contributed by atoms with Crippen LogP contribution >= 0.6 is 0 Å². The Morgan fingerprint density at radius 1 is 0.326 bits per heavy atom. The maximum atomic E-state index is 9.46. The molecule has 0 nitrogen and oxygen atoms in total. The lowest BCUT2D eigenvalue weighted by atomic mass is 9.82. The highest BCUT2D eigenvalue weighted by Crippen LogP contribution is 2.48. The molecule has 0 radical (unpaired) electrons. The SMILES string of the molecule is [2H]c1c([2H])c([2H])c2c(-c3ccc4ccc5c(-c6ccccc6)ccc6ccc3c4c65)c3c([2H])c([2H])c([2H])c([2H])c3c(-c3ccc4ccccc4c3)c2c1[2H]. The summed E-state index contributed by atoms with van der Waals surface area (Å²) >= 11 is 0. The molecule has 0 fully saturated rings. The molecular formula is C46H28. The largest absolute Gasteiger partial charge is 0.0629 e. The average Bonchev–Trinajstić information content (AvgIpc) is 3.21. The first-order chi connectivity index (χ1) is 26.2. The van der Waals surface area contributed by atoms with E-state index in [2.05, 4.69) is 42.5 Å². The van der Waals surface area contributed by atoms with Gasteiger partial charge in [0.25, 0.3) is 0 Å². The molecule has 0 saturated heterocycles. The third kappa shape index (κ3) is 3.62. The second kappa shape index (κ2) is 9.76. The van der Waals surface area contributed by atoms with Crippen molar-refractivity contribution < 1.29 is 11.0 Å². The number of hydrogen-bond donors (Lipinski definition) is 0. The Morgan fingerprint density at radius 3 is 1.48 bits per heavy atom. The van der Waals surface area contributed by atoms with Gasteiger partial charge in [0.15, 0.2) is 0 Å². The second-order valence-corrected chi connectivity index (χ2v) is 11.8. The summed E-state index contributed by atoms with van der Waals surface area (Å²) in [6.07, 6.45) is 0. The predicted molar refractivity (Wildman–Crippen MR) is 199 cm³/mol. The minimum atomic E-state index is -0.413. The van der Waals surface area contributed by atoms with E-state index in [0.29, 0.717) is 22.3 Å². The molecule has 0 N–H and O–H groups in total. The summed E-state index contributed by atoms with van der Waals surface area (Å²) in [6.45, 7) is 0. The van der Waals surface area contributed by atoms with Crippen LogP contribution in [0.5, 0.6) is 0 Å². The number of hydrogen-bond acceptors (Lipinski definition) is 0. The van der Waals surface area contributed by atoms with Crippen molar-refractivity contribution in [3.8, 4) is 33.4 Å². The van der Waals surface area contributed by atoms with Crippen LogP contribution in [0.3, 0.4) is 0 Å². The minimum Gasteiger partial charge on any atom is -0.0622 e. The van der Waals surface area contributed by atoms with Crippen LogP contribution in [0, 0.1) is 0 Å². The van der Waals surface area contributed by atoms with Crippen molar-refractivity contribution in [2.75, 3.05) is 0 Å². The Morgan fingerprint density at radius 2 is 0.826 bits per heavy atom. The van der Waals surface area contributed by atoms with Crippen LogP contribution in [-0.2, 0) is 0 Å². The fourth-order valence-corrected chi connectivity index (χ4v) is 7.42. The topological polar surface area (TPSA) is 0 Å². The van der Waals surface area contributed by atoms with Crippen molar-refractivity contribution >= 4 is 64.6 Å². The summed E-state index contributed by atoms with van der Waals surface area (Å²) in [4.78, 5) is 0. The van der Waals surface area contributed by atoms with Gasteiger partial charge in [-0.3, -0.25) is 0 Å². The molecule has 46 heavy (non-hydrogen) atoms. The van der Waals surface area contributed by atoms with Crippen molar-refractivity contribution in [1.29, 1.82) is 0 Å². The van der Waals surface area contributed by atoms with Crippen LogP contribution in [0.15, 0.2) is 170 Å². The zero-order valence-electron chi connectivity index (χ0n) is 32.5. The van der Waals surface area contributed by atoms with Gasteiger partial charge in [-0.25, -0.2) is 0 Å². The van der Waals surface area contributed by atoms with Crippen molar-refractivity contribution in [3.05, 3.63) is 170 Å². The van der Waals surface area contributed by atoms with E-state index >= 15 is 0 Å². The van der Waals surface area contributed by atoms with Gasteiger partial charge in [0.2, 0.25) is 0 Å². The fraction of sp³-hybridized carbons (Fsp3) is 0. The van der Waals surface area contributed by atoms with Crippen LogP contribution in [0.2, 0.25) is 0 Å². The highest BCUT2D eigenvalue weighted by Gasteiger charge is 2.20. The molecule has 0 spiro atoms. The van der Waals surface area contributed by atoms with Crippen molar-refractivity contribution in [3.63, 3.8) is 0 Å². The Hall–Kier alpha value is -5.98. The van der Waals surface area contributed by atoms with Gasteiger partial charge in [0.1, 0.15) is 0 Å². The van der Waals surface area contributed by atoms with Crippen molar-refractivity contribution in [2.24, 2.45) is 0 Å². The monoisotopic (exact) mass is 588 g/mol. The van der Waals surface area contributed by atoms with E-state index in [1.54, 1.807) is 0 Å². The Bertz CT molecular complexity index is 3160. The molecule has 0 amide bonds. The van der Waals surface area contributed by atoms with Crippen LogP contribution < -0.4 is 0 Å². The first kappa shape index (κ1) is 18.7. The van der Waals surface area contributed by atoms with Gasteiger partial charge in [-0.1, -0.05) is 164 Å². The molecule has 0 aliphatic rings. The molecule has 10 rings (SSSR count). The minimum absolute atomic E-state index is 0.209. The summed E-state index contributed by atoms with van der Waals surface area (Å²) in [5.74, 6) is 0. The van der Waals surface area contributed by atoms with E-state index in [-0.39, 0.29) is 45.7 Å². The van der Waals surface area contributed by atoms with Crippen molar-refractivity contribution in [1.82, 2.24) is 0 Å². The number of rotatable bonds is 3. The van der Waals surface area contributed by atoms with Gasteiger partial charge in [0, 0.05) is 0 Å². The van der Waals surface area contributed by atoms with Gasteiger partial charge >= 0.3 is 0 Å². The molecule has 0 heterocycles. The van der Waals surface area contributed by atoms with E-state index in [9.17, 15) is 5.48 Å². The van der Waals surface area contributed by atoms with Crippen LogP contribution in [0.25, 0.3) is 98.0 Å².